The molecule has 6 atom stereocenters. The van der Waals surface area contributed by atoms with E-state index < -0.39 is 38.9 Å². The summed E-state index contributed by atoms with van der Waals surface area (Å²) in [6.45, 7) is 14.8. The van der Waals surface area contributed by atoms with Gasteiger partial charge in [-0.2, -0.15) is 0 Å². The first-order chi connectivity index (χ1) is 20.6. The van der Waals surface area contributed by atoms with Gasteiger partial charge in [0, 0.05) is 24.5 Å². The van der Waals surface area contributed by atoms with Crippen molar-refractivity contribution in [1.29, 1.82) is 0 Å². The molecule has 0 aromatic heterocycles. The summed E-state index contributed by atoms with van der Waals surface area (Å²) in [6.07, 6.45) is 15.8. The number of rotatable bonds is 9. The zero-order valence-corrected chi connectivity index (χ0v) is 26.6. The predicted molar refractivity (Wildman–Crippen MR) is 170 cm³/mol. The topological polar surface area (TPSA) is 133 Å². The van der Waals surface area contributed by atoms with Gasteiger partial charge in [-0.15, -0.1) is 0 Å². The summed E-state index contributed by atoms with van der Waals surface area (Å²) in [4.78, 5) is 33.9. The number of nitro benzene ring substituents is 2. The third kappa shape index (κ3) is 7.37. The van der Waals surface area contributed by atoms with E-state index in [0.717, 1.165) is 48.6 Å². The highest BCUT2D eigenvalue weighted by Gasteiger charge is 2.50. The minimum atomic E-state index is -0.813. The van der Waals surface area contributed by atoms with Crippen molar-refractivity contribution < 1.29 is 24.5 Å². The maximum atomic E-state index is 12.9. The van der Waals surface area contributed by atoms with Gasteiger partial charge in [0.1, 0.15) is 6.10 Å². The molecule has 0 bridgehead atoms. The molecule has 4 rings (SSSR count). The molecule has 3 aliphatic rings. The van der Waals surface area contributed by atoms with Crippen LogP contribution in [0.4, 0.5) is 11.4 Å². The number of carbonyl (C=O) groups is 1. The maximum Gasteiger partial charge on any atom is 0.338 e. The van der Waals surface area contributed by atoms with E-state index in [4.69, 9.17) is 4.74 Å². The smallest absolute Gasteiger partial charge is 0.338 e. The summed E-state index contributed by atoms with van der Waals surface area (Å²) in [5.41, 5.74) is 1.69. The number of non-ortho nitro benzene ring substituents is 2. The Balaban J connectivity index is 1.47. The molecule has 1 aromatic rings. The largest absolute Gasteiger partial charge is 0.458 e. The molecule has 0 amide bonds. The third-order valence-electron chi connectivity index (χ3n) is 10.5. The maximum absolute atomic E-state index is 12.9. The minimum Gasteiger partial charge on any atom is -0.458 e. The Bertz CT molecular complexity index is 1370. The Morgan fingerprint density at radius 3 is 2.34 bits per heavy atom. The first-order valence-electron chi connectivity index (χ1n) is 15.7. The van der Waals surface area contributed by atoms with E-state index in [9.17, 15) is 30.1 Å². The Morgan fingerprint density at radius 2 is 1.73 bits per heavy atom. The number of allylic oxidation sites excluding steroid dienone is 5. The number of carbonyl (C=O) groups excluding carboxylic acids is 1. The predicted octanol–water partition coefficient (Wildman–Crippen LogP) is 8.44. The van der Waals surface area contributed by atoms with Crippen LogP contribution >= 0.6 is 0 Å². The lowest BCUT2D eigenvalue weighted by atomic mass is 9.61. The number of benzene rings is 1. The molecular weight excluding hydrogens is 560 g/mol. The van der Waals surface area contributed by atoms with Crippen LogP contribution in [0, 0.1) is 49.3 Å². The molecule has 1 N–H and O–H groups in total. The molecule has 0 spiro atoms. The molecular formula is C35H46N2O7. The fraction of sp³-hybridized carbons (Fsp3) is 0.571. The molecule has 9 nitrogen and oxygen atoms in total. The highest BCUT2D eigenvalue weighted by Crippen LogP contribution is 2.59. The summed E-state index contributed by atoms with van der Waals surface area (Å²) >= 11 is 0. The SMILES string of the molecule is C=C1CC[C@H](OC(=O)c2cc([N+](=O)[O-])cc([N+](=O)[O-])c2)C/C1=C/C=C1\CCC[C@]2(C)[C@@H]([C@H](C)/C=C/[C@H](C)C(C)(C)O)CC[C@@H]12. The Kier molecular flexibility index (Phi) is 9.98. The van der Waals surface area contributed by atoms with Crippen LogP contribution in [0.25, 0.3) is 0 Å². The van der Waals surface area contributed by atoms with E-state index in [0.29, 0.717) is 37.0 Å². The molecule has 0 heterocycles. The van der Waals surface area contributed by atoms with Gasteiger partial charge in [0.25, 0.3) is 11.4 Å². The standard InChI is InChI=1S/C35H46N2O7/c1-22-10-14-30(44-33(38)27-18-28(36(40)41)21-29(19-27)37(42)43)20-26(22)13-12-25-8-7-17-35(6)31(15-16-32(25)35)23(2)9-11-24(3)34(4,5)39/h9,11-13,18-19,21,23-24,30-32,39H,1,7-8,10,14-17,20H2,2-6H3/b11-9+,25-12+,26-13-/t23-,24+,30+,31-,32+,35-/m1/s1. The number of aliphatic hydroxyl groups is 1. The lowest BCUT2D eigenvalue weighted by molar-refractivity contribution is -0.394. The number of hydrogen-bond donors (Lipinski definition) is 1. The fourth-order valence-corrected chi connectivity index (χ4v) is 7.48. The monoisotopic (exact) mass is 606 g/mol. The second-order valence-electron chi connectivity index (χ2n) is 13.8. The molecule has 44 heavy (non-hydrogen) atoms. The number of nitrogens with zero attached hydrogens (tertiary/aromatic N) is 2. The van der Waals surface area contributed by atoms with E-state index in [2.05, 4.69) is 51.7 Å². The zero-order chi connectivity index (χ0) is 32.4. The van der Waals surface area contributed by atoms with Crippen molar-refractivity contribution in [2.75, 3.05) is 0 Å². The van der Waals surface area contributed by atoms with Crippen LogP contribution in [0.15, 0.2) is 65.8 Å². The number of hydrogen-bond acceptors (Lipinski definition) is 7. The average molecular weight is 607 g/mol. The molecule has 3 fully saturated rings. The first-order valence-corrected chi connectivity index (χ1v) is 15.7. The summed E-state index contributed by atoms with van der Waals surface area (Å²) in [6, 6.07) is 2.85. The van der Waals surface area contributed by atoms with E-state index in [1.54, 1.807) is 0 Å². The minimum absolute atomic E-state index is 0.0832. The van der Waals surface area contributed by atoms with Gasteiger partial charge in [-0.1, -0.05) is 62.8 Å². The van der Waals surface area contributed by atoms with Gasteiger partial charge >= 0.3 is 5.97 Å². The van der Waals surface area contributed by atoms with Gasteiger partial charge < -0.3 is 9.84 Å². The second-order valence-corrected chi connectivity index (χ2v) is 13.8. The lowest BCUT2D eigenvalue weighted by Crippen LogP contribution is -2.35. The van der Waals surface area contributed by atoms with Crippen molar-refractivity contribution in [3.8, 4) is 0 Å². The van der Waals surface area contributed by atoms with Crippen LogP contribution in [0.1, 0.15) is 96.3 Å². The van der Waals surface area contributed by atoms with Crippen molar-refractivity contribution in [2.24, 2.45) is 29.1 Å². The number of ether oxygens (including phenoxy) is 1. The van der Waals surface area contributed by atoms with E-state index in [-0.39, 0.29) is 16.9 Å². The van der Waals surface area contributed by atoms with E-state index >= 15 is 0 Å². The molecule has 3 saturated carbocycles. The normalized spacial score (nSPS) is 29.0. The molecule has 0 unspecified atom stereocenters. The highest BCUT2D eigenvalue weighted by atomic mass is 16.6. The summed E-state index contributed by atoms with van der Waals surface area (Å²) < 4.78 is 5.69. The zero-order valence-electron chi connectivity index (χ0n) is 26.6. The van der Waals surface area contributed by atoms with Crippen LogP contribution in [0.5, 0.6) is 0 Å². The average Bonchev–Trinajstić information content (AvgIpc) is 3.32. The van der Waals surface area contributed by atoms with Crippen molar-refractivity contribution >= 4 is 17.3 Å². The lowest BCUT2D eigenvalue weighted by Gasteiger charge is -2.44. The molecule has 1 aromatic carbocycles. The summed E-state index contributed by atoms with van der Waals surface area (Å²) in [5.74, 6) is 0.781. The van der Waals surface area contributed by atoms with Crippen molar-refractivity contribution in [1.82, 2.24) is 0 Å². The van der Waals surface area contributed by atoms with Crippen molar-refractivity contribution in [2.45, 2.75) is 97.7 Å². The molecule has 0 radical (unpaired) electrons. The Morgan fingerprint density at radius 1 is 1.07 bits per heavy atom. The quantitative estimate of drug-likeness (QED) is 0.129. The van der Waals surface area contributed by atoms with Gasteiger partial charge in [0.05, 0.1) is 27.1 Å². The van der Waals surface area contributed by atoms with Gasteiger partial charge in [-0.3, -0.25) is 20.2 Å². The summed E-state index contributed by atoms with van der Waals surface area (Å²) in [7, 11) is 0. The second kappa shape index (κ2) is 13.2. The molecule has 0 aliphatic heterocycles. The number of esters is 1. The third-order valence-corrected chi connectivity index (χ3v) is 10.5. The van der Waals surface area contributed by atoms with Crippen LogP contribution in [0.2, 0.25) is 0 Å². The van der Waals surface area contributed by atoms with E-state index in [1.807, 2.05) is 13.8 Å². The Hall–Kier alpha value is -3.59. The van der Waals surface area contributed by atoms with Gasteiger partial charge in [0.2, 0.25) is 0 Å². The fourth-order valence-electron chi connectivity index (χ4n) is 7.48. The molecule has 0 saturated heterocycles. The van der Waals surface area contributed by atoms with Crippen molar-refractivity contribution in [3.63, 3.8) is 0 Å². The van der Waals surface area contributed by atoms with Crippen LogP contribution in [-0.4, -0.2) is 32.6 Å². The number of nitro groups is 2. The van der Waals surface area contributed by atoms with Gasteiger partial charge in [-0.05, 0) is 87.5 Å². The van der Waals surface area contributed by atoms with Crippen LogP contribution < -0.4 is 0 Å². The first kappa shape index (κ1) is 33.3. The molecule has 3 aliphatic carbocycles. The molecule has 9 heteroatoms. The van der Waals surface area contributed by atoms with Crippen LogP contribution in [0.3, 0.4) is 0 Å². The van der Waals surface area contributed by atoms with Gasteiger partial charge in [0.15, 0.2) is 0 Å². The highest BCUT2D eigenvalue weighted by molar-refractivity contribution is 5.91. The van der Waals surface area contributed by atoms with Crippen LogP contribution in [-0.2, 0) is 4.74 Å². The van der Waals surface area contributed by atoms with E-state index in [1.165, 1.54) is 18.4 Å². The Labute approximate surface area is 260 Å². The number of fused-ring (bicyclic) bond motifs is 1. The van der Waals surface area contributed by atoms with Crippen molar-refractivity contribution in [3.05, 3.63) is 91.6 Å². The molecule has 238 valence electrons. The summed E-state index contributed by atoms with van der Waals surface area (Å²) in [5, 5.41) is 32.8. The van der Waals surface area contributed by atoms with Gasteiger partial charge in [-0.25, -0.2) is 4.79 Å².